The maximum Gasteiger partial charge on any atom is 0.262 e. The van der Waals surface area contributed by atoms with Crippen molar-refractivity contribution in [3.63, 3.8) is 0 Å². The van der Waals surface area contributed by atoms with Crippen molar-refractivity contribution in [3.05, 3.63) is 39.4 Å². The molecule has 1 aliphatic heterocycles. The van der Waals surface area contributed by atoms with Crippen molar-refractivity contribution in [1.29, 1.82) is 0 Å². The topological polar surface area (TPSA) is 67.4 Å². The van der Waals surface area contributed by atoms with Gasteiger partial charge in [-0.2, -0.15) is 0 Å². The van der Waals surface area contributed by atoms with Crippen molar-refractivity contribution in [3.8, 4) is 0 Å². The minimum atomic E-state index is -0.306. The first kappa shape index (κ1) is 18.3. The largest absolute Gasteiger partial charge is 0.322 e. The summed E-state index contributed by atoms with van der Waals surface area (Å²) in [6.07, 6.45) is 0.890. The Bertz CT molecular complexity index is 796. The Balaban J connectivity index is 1.82. The molecular formula is C18H26ClN5O. The molecule has 0 bridgehead atoms. The van der Waals surface area contributed by atoms with Gasteiger partial charge in [0.2, 0.25) is 0 Å². The van der Waals surface area contributed by atoms with Crippen LogP contribution in [0.3, 0.4) is 0 Å². The third kappa shape index (κ3) is 4.03. The second-order valence-corrected chi connectivity index (χ2v) is 7.26. The number of fused-ring (bicyclic) bond motifs is 1. The van der Waals surface area contributed by atoms with Crippen LogP contribution in [0.2, 0.25) is 5.02 Å². The van der Waals surface area contributed by atoms with Crippen LogP contribution < -0.4 is 11.3 Å². The van der Waals surface area contributed by atoms with Gasteiger partial charge < -0.3 is 15.5 Å². The van der Waals surface area contributed by atoms with Gasteiger partial charge in [0.25, 0.3) is 5.56 Å². The highest BCUT2D eigenvalue weighted by Crippen LogP contribution is 2.20. The van der Waals surface area contributed by atoms with Gasteiger partial charge in [-0.25, -0.2) is 4.98 Å². The molecule has 1 saturated heterocycles. The first-order valence-electron chi connectivity index (χ1n) is 8.83. The molecule has 0 aliphatic carbocycles. The number of halogens is 1. The molecule has 1 unspecified atom stereocenters. The number of rotatable bonds is 5. The van der Waals surface area contributed by atoms with Crippen LogP contribution in [-0.2, 0) is 6.54 Å². The van der Waals surface area contributed by atoms with Crippen LogP contribution >= 0.6 is 11.6 Å². The monoisotopic (exact) mass is 363 g/mol. The summed E-state index contributed by atoms with van der Waals surface area (Å²) in [7, 11) is 2.15. The Kier molecular flexibility index (Phi) is 5.74. The van der Waals surface area contributed by atoms with Crippen molar-refractivity contribution in [1.82, 2.24) is 19.4 Å². The number of hydrogen-bond donors (Lipinski definition) is 1. The van der Waals surface area contributed by atoms with Gasteiger partial charge in [-0.1, -0.05) is 17.7 Å². The van der Waals surface area contributed by atoms with Gasteiger partial charge in [0.15, 0.2) is 0 Å². The van der Waals surface area contributed by atoms with Crippen molar-refractivity contribution in [2.45, 2.75) is 25.9 Å². The molecule has 0 saturated carbocycles. The zero-order chi connectivity index (χ0) is 18.0. The van der Waals surface area contributed by atoms with E-state index in [1.54, 1.807) is 16.7 Å². The number of likely N-dealkylation sites (N-methyl/N-ethyl adjacent to an activating group) is 1. The second-order valence-electron chi connectivity index (χ2n) is 6.85. The first-order valence-corrected chi connectivity index (χ1v) is 9.20. The van der Waals surface area contributed by atoms with E-state index in [1.807, 2.05) is 13.0 Å². The van der Waals surface area contributed by atoms with E-state index in [2.05, 4.69) is 21.8 Å². The molecule has 7 heteroatoms. The smallest absolute Gasteiger partial charge is 0.262 e. The van der Waals surface area contributed by atoms with Crippen LogP contribution in [0, 0.1) is 0 Å². The molecule has 1 aromatic carbocycles. The quantitative estimate of drug-likeness (QED) is 0.875. The van der Waals surface area contributed by atoms with E-state index in [9.17, 15) is 4.79 Å². The van der Waals surface area contributed by atoms with Crippen molar-refractivity contribution >= 4 is 22.5 Å². The van der Waals surface area contributed by atoms with Crippen LogP contribution in [0.25, 0.3) is 10.9 Å². The van der Waals surface area contributed by atoms with Gasteiger partial charge >= 0.3 is 0 Å². The lowest BCUT2D eigenvalue weighted by Crippen LogP contribution is -2.45. The molecule has 2 N–H and O–H groups in total. The fraction of sp³-hybridized carbons (Fsp3) is 0.556. The third-order valence-electron chi connectivity index (χ3n) is 4.82. The number of hydrogen-bond acceptors (Lipinski definition) is 5. The SMILES string of the molecule is CC(N)c1nc2cccc(Cl)c2c(=O)n1CCCN1CCN(C)CC1. The molecule has 1 aliphatic rings. The Morgan fingerprint density at radius 3 is 2.64 bits per heavy atom. The highest BCUT2D eigenvalue weighted by molar-refractivity contribution is 6.35. The fourth-order valence-electron chi connectivity index (χ4n) is 3.33. The first-order chi connectivity index (χ1) is 12.0. The molecule has 1 fully saturated rings. The fourth-order valence-corrected chi connectivity index (χ4v) is 3.58. The lowest BCUT2D eigenvalue weighted by Gasteiger charge is -2.32. The van der Waals surface area contributed by atoms with E-state index in [0.717, 1.165) is 39.1 Å². The van der Waals surface area contributed by atoms with E-state index in [0.29, 0.717) is 28.3 Å². The number of nitrogens with two attached hydrogens (primary N) is 1. The lowest BCUT2D eigenvalue weighted by molar-refractivity contribution is 0.151. The minimum absolute atomic E-state index is 0.0960. The Labute approximate surface area is 153 Å². The summed E-state index contributed by atoms with van der Waals surface area (Å²) < 4.78 is 1.70. The third-order valence-corrected chi connectivity index (χ3v) is 5.14. The van der Waals surface area contributed by atoms with Gasteiger partial charge in [0.1, 0.15) is 5.82 Å². The summed E-state index contributed by atoms with van der Waals surface area (Å²) in [6, 6.07) is 5.04. The van der Waals surface area contributed by atoms with Gasteiger partial charge in [0, 0.05) is 32.7 Å². The van der Waals surface area contributed by atoms with E-state index in [-0.39, 0.29) is 11.6 Å². The summed E-state index contributed by atoms with van der Waals surface area (Å²) in [5.41, 5.74) is 6.59. The zero-order valence-corrected chi connectivity index (χ0v) is 15.7. The maximum absolute atomic E-state index is 13.0. The Morgan fingerprint density at radius 2 is 1.96 bits per heavy atom. The van der Waals surface area contributed by atoms with E-state index >= 15 is 0 Å². The Hall–Kier alpha value is -1.47. The number of piperazine rings is 1. The Morgan fingerprint density at radius 1 is 1.24 bits per heavy atom. The van der Waals surface area contributed by atoms with E-state index in [4.69, 9.17) is 17.3 Å². The van der Waals surface area contributed by atoms with Gasteiger partial charge in [-0.05, 0) is 39.1 Å². The van der Waals surface area contributed by atoms with Crippen molar-refractivity contribution in [2.75, 3.05) is 39.8 Å². The van der Waals surface area contributed by atoms with Crippen LogP contribution in [0.15, 0.2) is 23.0 Å². The van der Waals surface area contributed by atoms with Crippen molar-refractivity contribution < 1.29 is 0 Å². The van der Waals surface area contributed by atoms with Crippen molar-refractivity contribution in [2.24, 2.45) is 5.73 Å². The molecule has 25 heavy (non-hydrogen) atoms. The van der Waals surface area contributed by atoms with Gasteiger partial charge in [-0.15, -0.1) is 0 Å². The van der Waals surface area contributed by atoms with Crippen LogP contribution in [0.5, 0.6) is 0 Å². The number of benzene rings is 1. The summed E-state index contributed by atoms with van der Waals surface area (Å²) in [6.45, 7) is 7.78. The van der Waals surface area contributed by atoms with Gasteiger partial charge in [0.05, 0.1) is 22.0 Å². The van der Waals surface area contributed by atoms with Gasteiger partial charge in [-0.3, -0.25) is 9.36 Å². The number of aromatic nitrogens is 2. The molecule has 6 nitrogen and oxygen atoms in total. The summed E-state index contributed by atoms with van der Waals surface area (Å²) in [5.74, 6) is 0.623. The maximum atomic E-state index is 13.0. The molecule has 2 aromatic rings. The van der Waals surface area contributed by atoms with E-state index < -0.39 is 0 Å². The molecule has 2 heterocycles. The highest BCUT2D eigenvalue weighted by Gasteiger charge is 2.17. The number of nitrogens with zero attached hydrogens (tertiary/aromatic N) is 4. The molecular weight excluding hydrogens is 338 g/mol. The van der Waals surface area contributed by atoms with Crippen LogP contribution in [0.1, 0.15) is 25.2 Å². The summed E-state index contributed by atoms with van der Waals surface area (Å²) in [4.78, 5) is 22.3. The molecule has 1 atom stereocenters. The lowest BCUT2D eigenvalue weighted by atomic mass is 10.2. The standard InChI is InChI=1S/C18H26ClN5O/c1-13(20)17-21-15-6-3-5-14(19)16(15)18(25)24(17)8-4-7-23-11-9-22(2)10-12-23/h3,5-6,13H,4,7-12,20H2,1-2H3. The average Bonchev–Trinajstić information content (AvgIpc) is 2.58. The highest BCUT2D eigenvalue weighted by atomic mass is 35.5. The average molecular weight is 364 g/mol. The molecule has 0 amide bonds. The van der Waals surface area contributed by atoms with E-state index in [1.165, 1.54) is 0 Å². The molecule has 0 radical (unpaired) electrons. The van der Waals surface area contributed by atoms with Crippen LogP contribution in [0.4, 0.5) is 0 Å². The minimum Gasteiger partial charge on any atom is -0.322 e. The normalized spacial score (nSPS) is 17.9. The molecule has 136 valence electrons. The zero-order valence-electron chi connectivity index (χ0n) is 14.9. The molecule has 3 rings (SSSR count). The second kappa shape index (κ2) is 7.83. The molecule has 1 aromatic heterocycles. The summed E-state index contributed by atoms with van der Waals surface area (Å²) in [5, 5.41) is 0.923. The predicted octanol–water partition coefficient (Wildman–Crippen LogP) is 1.71. The molecule has 0 spiro atoms. The summed E-state index contributed by atoms with van der Waals surface area (Å²) >= 11 is 6.24. The van der Waals surface area contributed by atoms with Crippen LogP contribution in [-0.4, -0.2) is 59.1 Å². The predicted molar refractivity (Wildman–Crippen MR) is 102 cm³/mol.